The van der Waals surface area contributed by atoms with E-state index in [-0.39, 0.29) is 5.91 Å². The number of nitrogens with one attached hydrogen (secondary N) is 2. The highest BCUT2D eigenvalue weighted by Crippen LogP contribution is 2.21. The number of nitrogens with zero attached hydrogens (tertiary/aromatic N) is 2. The molecule has 1 aromatic heterocycles. The lowest BCUT2D eigenvalue weighted by Gasteiger charge is -2.23. The molecule has 8 nitrogen and oxygen atoms in total. The van der Waals surface area contributed by atoms with E-state index in [1.165, 1.54) is 4.31 Å². The van der Waals surface area contributed by atoms with Crippen molar-refractivity contribution >= 4 is 21.9 Å². The van der Waals surface area contributed by atoms with Crippen molar-refractivity contribution in [3.05, 3.63) is 11.8 Å². The van der Waals surface area contributed by atoms with Gasteiger partial charge in [0.25, 0.3) is 10.2 Å². The maximum absolute atomic E-state index is 12.2. The summed E-state index contributed by atoms with van der Waals surface area (Å²) < 4.78 is 32.9. The molecule has 1 saturated heterocycles. The summed E-state index contributed by atoms with van der Waals surface area (Å²) in [6.45, 7) is 4.29. The lowest BCUT2D eigenvalue weighted by atomic mass is 10.2. The minimum atomic E-state index is -3.62. The number of hydrogen-bond donors (Lipinski definition) is 2. The van der Waals surface area contributed by atoms with Crippen LogP contribution in [0.2, 0.25) is 0 Å². The summed E-state index contributed by atoms with van der Waals surface area (Å²) in [4.78, 5) is 12.2. The van der Waals surface area contributed by atoms with Gasteiger partial charge in [-0.15, -0.1) is 0 Å². The third-order valence-electron chi connectivity index (χ3n) is 3.23. The number of hydrogen-bond acceptors (Lipinski definition) is 5. The van der Waals surface area contributed by atoms with Crippen molar-refractivity contribution < 1.29 is 17.7 Å². The molecule has 9 heteroatoms. The van der Waals surface area contributed by atoms with Gasteiger partial charge in [-0.05, 0) is 26.2 Å². The smallest absolute Gasteiger partial charge is 0.280 e. The molecule has 1 unspecified atom stereocenters. The van der Waals surface area contributed by atoms with Crippen molar-refractivity contribution in [1.82, 2.24) is 14.2 Å². The Labute approximate surface area is 124 Å². The first-order valence-corrected chi connectivity index (χ1v) is 8.38. The molecule has 0 radical (unpaired) electrons. The Hall–Kier alpha value is -1.45. The molecule has 21 heavy (non-hydrogen) atoms. The van der Waals surface area contributed by atoms with Crippen LogP contribution in [0.25, 0.3) is 0 Å². The number of rotatable bonds is 6. The molecule has 0 bridgehead atoms. The molecule has 0 saturated carbocycles. The predicted molar refractivity (Wildman–Crippen MR) is 76.8 cm³/mol. The highest BCUT2D eigenvalue weighted by atomic mass is 32.2. The van der Waals surface area contributed by atoms with Gasteiger partial charge in [-0.25, -0.2) is 4.72 Å². The Balaban J connectivity index is 2.05. The first-order chi connectivity index (χ1) is 9.94. The van der Waals surface area contributed by atoms with Crippen molar-refractivity contribution in [2.45, 2.75) is 39.2 Å². The molecule has 1 aliphatic heterocycles. The number of aryl methyl sites for hydroxylation is 1. The molecule has 1 amide bonds. The quantitative estimate of drug-likeness (QED) is 0.801. The van der Waals surface area contributed by atoms with Crippen LogP contribution >= 0.6 is 0 Å². The zero-order valence-electron chi connectivity index (χ0n) is 12.1. The summed E-state index contributed by atoms with van der Waals surface area (Å²) in [5.74, 6) is 0.483. The van der Waals surface area contributed by atoms with E-state index >= 15 is 0 Å². The molecule has 118 valence electrons. The molecule has 0 spiro atoms. The van der Waals surface area contributed by atoms with E-state index in [0.29, 0.717) is 43.9 Å². The van der Waals surface area contributed by atoms with E-state index in [4.69, 9.17) is 4.52 Å². The van der Waals surface area contributed by atoms with Gasteiger partial charge in [0, 0.05) is 19.2 Å². The van der Waals surface area contributed by atoms with E-state index in [0.717, 1.165) is 0 Å². The van der Waals surface area contributed by atoms with Crippen LogP contribution < -0.4 is 10.0 Å². The fraction of sp³-hybridized carbons (Fsp3) is 0.667. The third kappa shape index (κ3) is 3.80. The Morgan fingerprint density at radius 2 is 2.33 bits per heavy atom. The van der Waals surface area contributed by atoms with Crippen LogP contribution in [0.4, 0.5) is 5.82 Å². The van der Waals surface area contributed by atoms with Gasteiger partial charge in [0.2, 0.25) is 5.91 Å². The summed E-state index contributed by atoms with van der Waals surface area (Å²) in [5.41, 5.74) is 0. The second kappa shape index (κ2) is 6.54. The Kier molecular flexibility index (Phi) is 4.96. The molecule has 1 aliphatic rings. The van der Waals surface area contributed by atoms with Crippen LogP contribution in [0.5, 0.6) is 0 Å². The molecule has 2 rings (SSSR count). The molecular formula is C12H20N4O4S. The normalized spacial score (nSPS) is 19.8. The van der Waals surface area contributed by atoms with Gasteiger partial charge in [-0.1, -0.05) is 12.1 Å². The molecule has 0 aliphatic carbocycles. The Morgan fingerprint density at radius 1 is 1.57 bits per heavy atom. The second-order valence-corrected chi connectivity index (χ2v) is 6.69. The predicted octanol–water partition coefficient (Wildman–Crippen LogP) is 0.630. The SMILES string of the molecule is CCCNS(=O)(=O)N1CCCC1C(=O)Nc1cc(C)on1. The summed E-state index contributed by atoms with van der Waals surface area (Å²) in [6, 6.07) is 0.873. The number of amides is 1. The van der Waals surface area contributed by atoms with Crippen LogP contribution in [0.3, 0.4) is 0 Å². The standard InChI is InChI=1S/C12H20N4O4S/c1-3-6-13-21(18,19)16-7-4-5-10(16)12(17)14-11-8-9(2)20-15-11/h8,10,13H,3-7H2,1-2H3,(H,14,15,17). The van der Waals surface area contributed by atoms with Gasteiger partial charge in [0.15, 0.2) is 5.82 Å². The fourth-order valence-electron chi connectivity index (χ4n) is 2.24. The van der Waals surface area contributed by atoms with Crippen LogP contribution in [-0.4, -0.2) is 42.9 Å². The number of aromatic nitrogens is 1. The first kappa shape index (κ1) is 15.9. The van der Waals surface area contributed by atoms with Crippen LogP contribution in [-0.2, 0) is 15.0 Å². The third-order valence-corrected chi connectivity index (χ3v) is 4.85. The van der Waals surface area contributed by atoms with E-state index < -0.39 is 16.3 Å². The summed E-state index contributed by atoms with van der Waals surface area (Å²) in [5, 5.41) is 6.26. The maximum atomic E-state index is 12.2. The molecular weight excluding hydrogens is 296 g/mol. The topological polar surface area (TPSA) is 105 Å². The van der Waals surface area contributed by atoms with Gasteiger partial charge < -0.3 is 9.84 Å². The van der Waals surface area contributed by atoms with Gasteiger partial charge >= 0.3 is 0 Å². The maximum Gasteiger partial charge on any atom is 0.280 e. The zero-order chi connectivity index (χ0) is 15.5. The average molecular weight is 316 g/mol. The Morgan fingerprint density at radius 3 is 2.95 bits per heavy atom. The highest BCUT2D eigenvalue weighted by molar-refractivity contribution is 7.87. The van der Waals surface area contributed by atoms with Crippen molar-refractivity contribution in [3.63, 3.8) is 0 Å². The summed E-state index contributed by atoms with van der Waals surface area (Å²) in [7, 11) is -3.62. The van der Waals surface area contributed by atoms with Crippen LogP contribution in [0.1, 0.15) is 31.9 Å². The number of carbonyl (C=O) groups excluding carboxylic acids is 1. The molecule has 0 aromatic carbocycles. The highest BCUT2D eigenvalue weighted by Gasteiger charge is 2.38. The molecule has 2 heterocycles. The van der Waals surface area contributed by atoms with Gasteiger partial charge in [0.1, 0.15) is 11.8 Å². The number of carbonyl (C=O) groups is 1. The fourth-order valence-corrected chi connectivity index (χ4v) is 3.77. The molecule has 1 atom stereocenters. The van der Waals surface area contributed by atoms with E-state index in [9.17, 15) is 13.2 Å². The zero-order valence-corrected chi connectivity index (χ0v) is 12.9. The number of anilines is 1. The van der Waals surface area contributed by atoms with Crippen molar-refractivity contribution in [2.75, 3.05) is 18.4 Å². The summed E-state index contributed by atoms with van der Waals surface area (Å²) >= 11 is 0. The van der Waals surface area contributed by atoms with E-state index in [1.807, 2.05) is 6.92 Å². The van der Waals surface area contributed by atoms with Crippen molar-refractivity contribution in [3.8, 4) is 0 Å². The summed E-state index contributed by atoms with van der Waals surface area (Å²) in [6.07, 6.45) is 1.85. The molecule has 1 aromatic rings. The van der Waals surface area contributed by atoms with Gasteiger partial charge in [-0.3, -0.25) is 4.79 Å². The first-order valence-electron chi connectivity index (χ1n) is 6.94. The molecule has 1 fully saturated rings. The molecule has 2 N–H and O–H groups in total. The van der Waals surface area contributed by atoms with Gasteiger partial charge in [-0.2, -0.15) is 12.7 Å². The lowest BCUT2D eigenvalue weighted by Crippen LogP contribution is -2.48. The Bertz CT molecular complexity index is 598. The van der Waals surface area contributed by atoms with E-state index in [1.54, 1.807) is 13.0 Å². The van der Waals surface area contributed by atoms with E-state index in [2.05, 4.69) is 15.2 Å². The minimum Gasteiger partial charge on any atom is -0.360 e. The van der Waals surface area contributed by atoms with Crippen LogP contribution in [0, 0.1) is 6.92 Å². The van der Waals surface area contributed by atoms with Crippen molar-refractivity contribution in [1.29, 1.82) is 0 Å². The van der Waals surface area contributed by atoms with Crippen LogP contribution in [0.15, 0.2) is 10.6 Å². The minimum absolute atomic E-state index is 0.295. The van der Waals surface area contributed by atoms with Crippen molar-refractivity contribution in [2.24, 2.45) is 0 Å². The monoisotopic (exact) mass is 316 g/mol. The second-order valence-electron chi connectivity index (χ2n) is 4.98. The lowest BCUT2D eigenvalue weighted by molar-refractivity contribution is -0.119. The van der Waals surface area contributed by atoms with Gasteiger partial charge in [0.05, 0.1) is 0 Å². The average Bonchev–Trinajstić information content (AvgIpc) is 3.05. The largest absolute Gasteiger partial charge is 0.360 e.